The van der Waals surface area contributed by atoms with Gasteiger partial charge < -0.3 is 15.0 Å². The van der Waals surface area contributed by atoms with Gasteiger partial charge in [0.05, 0.1) is 18.3 Å². The van der Waals surface area contributed by atoms with Gasteiger partial charge in [0.25, 0.3) is 0 Å². The number of halogens is 4. The number of rotatable bonds is 3. The highest BCUT2D eigenvalue weighted by Gasteiger charge is 2.37. The van der Waals surface area contributed by atoms with Gasteiger partial charge in [-0.2, -0.15) is 13.2 Å². The molecule has 1 aromatic heterocycles. The first-order chi connectivity index (χ1) is 9.41. The molecule has 2 heterocycles. The summed E-state index contributed by atoms with van der Waals surface area (Å²) in [6, 6.07) is 1.06. The summed E-state index contributed by atoms with van der Waals surface area (Å²) in [5.74, 6) is -0.0369. The topological polar surface area (TPSA) is 37.4 Å². The Labute approximate surface area is 123 Å². The van der Waals surface area contributed by atoms with Crippen LogP contribution in [-0.2, 0) is 10.9 Å². The fraction of sp³-hybridized carbons (Fsp3) is 0.583. The van der Waals surface area contributed by atoms with Crippen LogP contribution in [0, 0.1) is 0 Å². The summed E-state index contributed by atoms with van der Waals surface area (Å²) in [5.41, 5.74) is -0.725. The van der Waals surface area contributed by atoms with Crippen molar-refractivity contribution >= 4 is 21.7 Å². The number of likely N-dealkylation sites (N-methyl/N-ethyl adjacent to an activating group) is 1. The molecule has 0 aromatic carbocycles. The number of pyridine rings is 1. The van der Waals surface area contributed by atoms with Crippen molar-refractivity contribution < 1.29 is 17.9 Å². The van der Waals surface area contributed by atoms with E-state index in [0.29, 0.717) is 30.7 Å². The number of morpholine rings is 1. The summed E-state index contributed by atoms with van der Waals surface area (Å²) in [5, 5.41) is 2.96. The van der Waals surface area contributed by atoms with Crippen LogP contribution < -0.4 is 10.2 Å². The van der Waals surface area contributed by atoms with Crippen LogP contribution in [-0.4, -0.2) is 44.4 Å². The van der Waals surface area contributed by atoms with Crippen molar-refractivity contribution in [1.82, 2.24) is 10.3 Å². The zero-order valence-corrected chi connectivity index (χ0v) is 12.5. The molecule has 1 saturated heterocycles. The lowest BCUT2D eigenvalue weighted by molar-refractivity contribution is -0.137. The lowest BCUT2D eigenvalue weighted by Crippen LogP contribution is -2.47. The third-order valence-corrected chi connectivity index (χ3v) is 3.44. The maximum absolute atomic E-state index is 13.1. The molecule has 1 N–H and O–H groups in total. The van der Waals surface area contributed by atoms with Crippen molar-refractivity contribution in [3.63, 3.8) is 0 Å². The Morgan fingerprint density at radius 1 is 1.55 bits per heavy atom. The largest absolute Gasteiger partial charge is 0.419 e. The number of aromatic nitrogens is 1. The SMILES string of the molecule is CNCC1CN(c2ncc(Br)cc2C(F)(F)F)CCO1. The van der Waals surface area contributed by atoms with Crippen LogP contribution in [0.3, 0.4) is 0 Å². The van der Waals surface area contributed by atoms with Crippen molar-refractivity contribution in [2.24, 2.45) is 0 Å². The highest BCUT2D eigenvalue weighted by molar-refractivity contribution is 9.10. The molecule has 20 heavy (non-hydrogen) atoms. The van der Waals surface area contributed by atoms with Crippen LogP contribution in [0.15, 0.2) is 16.7 Å². The summed E-state index contributed by atoms with van der Waals surface area (Å²) in [4.78, 5) is 5.57. The molecule has 0 amide bonds. The highest BCUT2D eigenvalue weighted by atomic mass is 79.9. The molecule has 1 aliphatic heterocycles. The Morgan fingerprint density at radius 2 is 2.30 bits per heavy atom. The molecule has 2 rings (SSSR count). The van der Waals surface area contributed by atoms with Crippen LogP contribution in [0.4, 0.5) is 19.0 Å². The number of nitrogens with one attached hydrogen (secondary N) is 1. The molecule has 1 fully saturated rings. The maximum atomic E-state index is 13.1. The van der Waals surface area contributed by atoms with Gasteiger partial charge in [-0.05, 0) is 29.0 Å². The Bertz CT molecular complexity index is 468. The molecule has 0 spiro atoms. The first-order valence-electron chi connectivity index (χ1n) is 6.15. The Balaban J connectivity index is 2.27. The van der Waals surface area contributed by atoms with Gasteiger partial charge in [0.2, 0.25) is 0 Å². The summed E-state index contributed by atoms with van der Waals surface area (Å²) in [7, 11) is 1.78. The number of hydrogen-bond acceptors (Lipinski definition) is 4. The minimum Gasteiger partial charge on any atom is -0.373 e. The molecule has 1 aromatic rings. The van der Waals surface area contributed by atoms with Gasteiger partial charge in [-0.25, -0.2) is 4.98 Å². The van der Waals surface area contributed by atoms with Gasteiger partial charge in [-0.15, -0.1) is 0 Å². The number of hydrogen-bond donors (Lipinski definition) is 1. The summed E-state index contributed by atoms with van der Waals surface area (Å²) in [6.07, 6.45) is -3.18. The third-order valence-electron chi connectivity index (χ3n) is 3.01. The zero-order valence-electron chi connectivity index (χ0n) is 10.9. The van der Waals surface area contributed by atoms with E-state index in [2.05, 4.69) is 26.2 Å². The molecular weight excluding hydrogens is 339 g/mol. The van der Waals surface area contributed by atoms with E-state index < -0.39 is 11.7 Å². The van der Waals surface area contributed by atoms with E-state index in [1.54, 1.807) is 11.9 Å². The molecular formula is C12H15BrF3N3O. The lowest BCUT2D eigenvalue weighted by atomic mass is 10.2. The monoisotopic (exact) mass is 353 g/mol. The van der Waals surface area contributed by atoms with Gasteiger partial charge >= 0.3 is 6.18 Å². The third kappa shape index (κ3) is 3.62. The molecule has 0 aliphatic carbocycles. The van der Waals surface area contributed by atoms with E-state index in [1.165, 1.54) is 6.20 Å². The summed E-state index contributed by atoms with van der Waals surface area (Å²) in [6.45, 7) is 1.77. The van der Waals surface area contributed by atoms with Crippen LogP contribution >= 0.6 is 15.9 Å². The van der Waals surface area contributed by atoms with Crippen molar-refractivity contribution in [2.45, 2.75) is 12.3 Å². The standard InChI is InChI=1S/C12H15BrF3N3O/c1-17-6-9-7-19(2-3-20-9)11-10(12(14,15)16)4-8(13)5-18-11/h4-5,9,17H,2-3,6-7H2,1H3. The van der Waals surface area contributed by atoms with Gasteiger partial charge in [0.15, 0.2) is 0 Å². The van der Waals surface area contributed by atoms with Crippen LogP contribution in [0.2, 0.25) is 0 Å². The predicted molar refractivity (Wildman–Crippen MR) is 72.8 cm³/mol. The average Bonchev–Trinajstić information content (AvgIpc) is 2.38. The second kappa shape index (κ2) is 6.28. The first kappa shape index (κ1) is 15.5. The Kier molecular flexibility index (Phi) is 4.87. The van der Waals surface area contributed by atoms with Crippen molar-refractivity contribution in [3.05, 3.63) is 22.3 Å². The first-order valence-corrected chi connectivity index (χ1v) is 6.95. The quantitative estimate of drug-likeness (QED) is 0.904. The molecule has 1 unspecified atom stereocenters. The van der Waals surface area contributed by atoms with E-state index in [9.17, 15) is 13.2 Å². The predicted octanol–water partition coefficient (Wildman–Crippen LogP) is 2.29. The molecule has 0 radical (unpaired) electrons. The molecule has 1 atom stereocenters. The van der Waals surface area contributed by atoms with Gasteiger partial charge in [-0.1, -0.05) is 0 Å². The van der Waals surface area contributed by atoms with Crippen LogP contribution in [0.5, 0.6) is 0 Å². The highest BCUT2D eigenvalue weighted by Crippen LogP contribution is 2.37. The van der Waals surface area contributed by atoms with E-state index in [1.807, 2.05) is 0 Å². The number of alkyl halides is 3. The molecule has 8 heteroatoms. The molecule has 112 valence electrons. The molecule has 4 nitrogen and oxygen atoms in total. The second-order valence-electron chi connectivity index (χ2n) is 4.52. The smallest absolute Gasteiger partial charge is 0.373 e. The van der Waals surface area contributed by atoms with Gasteiger partial charge in [0.1, 0.15) is 5.82 Å². The lowest BCUT2D eigenvalue weighted by Gasteiger charge is -2.34. The van der Waals surface area contributed by atoms with Crippen molar-refractivity contribution in [1.29, 1.82) is 0 Å². The summed E-state index contributed by atoms with van der Waals surface area (Å²) < 4.78 is 45.1. The van der Waals surface area contributed by atoms with Crippen molar-refractivity contribution in [2.75, 3.05) is 38.2 Å². The van der Waals surface area contributed by atoms with E-state index in [0.717, 1.165) is 6.07 Å². The summed E-state index contributed by atoms with van der Waals surface area (Å²) >= 11 is 3.03. The molecule has 0 bridgehead atoms. The minimum atomic E-state index is -4.43. The fourth-order valence-electron chi connectivity index (χ4n) is 2.16. The van der Waals surface area contributed by atoms with E-state index >= 15 is 0 Å². The van der Waals surface area contributed by atoms with E-state index in [4.69, 9.17) is 4.74 Å². The van der Waals surface area contributed by atoms with Crippen molar-refractivity contribution in [3.8, 4) is 0 Å². The number of anilines is 1. The zero-order chi connectivity index (χ0) is 14.8. The normalized spacial score (nSPS) is 20.2. The second-order valence-corrected chi connectivity index (χ2v) is 5.43. The van der Waals surface area contributed by atoms with Gasteiger partial charge in [-0.3, -0.25) is 0 Å². The Hall–Kier alpha value is -0.860. The van der Waals surface area contributed by atoms with E-state index in [-0.39, 0.29) is 11.9 Å². The minimum absolute atomic E-state index is 0.0369. The Morgan fingerprint density at radius 3 is 2.95 bits per heavy atom. The maximum Gasteiger partial charge on any atom is 0.419 e. The fourth-order valence-corrected chi connectivity index (χ4v) is 2.49. The molecule has 1 aliphatic rings. The number of ether oxygens (including phenoxy) is 1. The number of nitrogens with zero attached hydrogens (tertiary/aromatic N) is 2. The average molecular weight is 354 g/mol. The van der Waals surface area contributed by atoms with Crippen LogP contribution in [0.1, 0.15) is 5.56 Å². The van der Waals surface area contributed by atoms with Crippen LogP contribution in [0.25, 0.3) is 0 Å². The van der Waals surface area contributed by atoms with Gasteiger partial charge in [0, 0.05) is 30.3 Å². The molecule has 0 saturated carbocycles.